The van der Waals surface area contributed by atoms with Crippen LogP contribution in [0.3, 0.4) is 0 Å². The standard InChI is InChI=1S/C32H39F9O4/c1-17(6-11-25(44)28(13-14-28)26(45)29(33,34)30(35,36)31(37,38)32(39,40)41)22-9-10-23-19(5-4-12-27(22,23)3)7-8-20-15-21(42)16-24(43)18(20)2/h6-8,11,17,21-24,26,42-43,45H,2,4-5,9-10,12-16H2,1,3H3/t17-,21-,22-,23+,24+,26?,27-/m1/s1. The molecule has 0 aromatic carbocycles. The van der Waals surface area contributed by atoms with Crippen LogP contribution in [0.2, 0.25) is 0 Å². The molecule has 4 saturated carbocycles. The molecule has 7 atom stereocenters. The Morgan fingerprint density at radius 3 is 2.18 bits per heavy atom. The Hall–Kier alpha value is -2.12. The number of carbonyl (C=O) groups excluding carboxylic acids is 1. The fourth-order valence-electron chi connectivity index (χ4n) is 7.84. The number of alkyl halides is 9. The number of hydrogen-bond donors (Lipinski definition) is 3. The van der Waals surface area contributed by atoms with Gasteiger partial charge in [-0.2, -0.15) is 39.5 Å². The predicted octanol–water partition coefficient (Wildman–Crippen LogP) is 7.50. The number of hydrogen-bond acceptors (Lipinski definition) is 4. The molecule has 254 valence electrons. The van der Waals surface area contributed by atoms with Crippen molar-refractivity contribution in [3.8, 4) is 0 Å². The van der Waals surface area contributed by atoms with Crippen LogP contribution in [0.25, 0.3) is 0 Å². The Morgan fingerprint density at radius 2 is 1.60 bits per heavy atom. The van der Waals surface area contributed by atoms with Crippen LogP contribution in [0.15, 0.2) is 47.6 Å². The summed E-state index contributed by atoms with van der Waals surface area (Å²) in [4.78, 5) is 12.9. The first-order chi connectivity index (χ1) is 20.5. The molecule has 1 unspecified atom stereocenters. The molecule has 3 N–H and O–H groups in total. The summed E-state index contributed by atoms with van der Waals surface area (Å²) in [6.45, 7) is 7.84. The van der Waals surface area contributed by atoms with Gasteiger partial charge in [-0.05, 0) is 91.8 Å². The van der Waals surface area contributed by atoms with Gasteiger partial charge in [0.15, 0.2) is 5.78 Å². The number of ketones is 1. The summed E-state index contributed by atoms with van der Waals surface area (Å²) in [6.07, 6.45) is -2.58. The molecule has 0 radical (unpaired) electrons. The van der Waals surface area contributed by atoms with E-state index in [0.717, 1.165) is 43.8 Å². The van der Waals surface area contributed by atoms with Crippen molar-refractivity contribution in [1.82, 2.24) is 0 Å². The molecule has 4 aliphatic carbocycles. The average molecular weight is 659 g/mol. The molecule has 0 spiro atoms. The fourth-order valence-corrected chi connectivity index (χ4v) is 7.84. The number of fused-ring (bicyclic) bond motifs is 1. The first-order valence-corrected chi connectivity index (χ1v) is 15.1. The van der Waals surface area contributed by atoms with E-state index in [9.17, 15) is 59.6 Å². The highest BCUT2D eigenvalue weighted by Gasteiger charge is 2.85. The summed E-state index contributed by atoms with van der Waals surface area (Å²) in [5.74, 6) is -21.8. The van der Waals surface area contributed by atoms with Gasteiger partial charge in [0.05, 0.1) is 17.6 Å². The zero-order chi connectivity index (χ0) is 34.0. The second kappa shape index (κ2) is 11.8. The number of rotatable bonds is 9. The lowest BCUT2D eigenvalue weighted by atomic mass is 9.61. The summed E-state index contributed by atoms with van der Waals surface area (Å²) >= 11 is 0. The van der Waals surface area contributed by atoms with Crippen LogP contribution >= 0.6 is 0 Å². The number of carbonyl (C=O) groups is 1. The van der Waals surface area contributed by atoms with Crippen molar-refractivity contribution in [2.45, 2.75) is 114 Å². The molecule has 0 heterocycles. The molecule has 0 aliphatic heterocycles. The van der Waals surface area contributed by atoms with Crippen molar-refractivity contribution < 1.29 is 59.6 Å². The molecule has 0 saturated heterocycles. The van der Waals surface area contributed by atoms with E-state index in [1.807, 2.05) is 12.2 Å². The Morgan fingerprint density at radius 1 is 0.978 bits per heavy atom. The SMILES string of the molecule is C=C1C(=CC=C2CCC[C@]3(C)[C@@H]([C@H](C)C=CC(=O)C4(C(O)C(F)(F)C(F)(F)C(F)(F)C(F)(F)F)CC4)CC[C@@H]23)C[C@@H](O)C[C@@H]1O. The van der Waals surface area contributed by atoms with Gasteiger partial charge in [0, 0.05) is 6.42 Å². The first kappa shape index (κ1) is 35.7. The van der Waals surface area contributed by atoms with Crippen molar-refractivity contribution >= 4 is 5.78 Å². The summed E-state index contributed by atoms with van der Waals surface area (Å²) in [5, 5.41) is 30.3. The van der Waals surface area contributed by atoms with E-state index in [0.29, 0.717) is 12.0 Å². The Balaban J connectivity index is 1.49. The largest absolute Gasteiger partial charge is 0.460 e. The van der Waals surface area contributed by atoms with Gasteiger partial charge in [0.1, 0.15) is 6.10 Å². The molecule has 13 heteroatoms. The summed E-state index contributed by atoms with van der Waals surface area (Å²) < 4.78 is 121. The maximum atomic E-state index is 14.5. The highest BCUT2D eigenvalue weighted by Crippen LogP contribution is 2.62. The third-order valence-electron chi connectivity index (χ3n) is 10.8. The van der Waals surface area contributed by atoms with Crippen molar-refractivity contribution in [1.29, 1.82) is 0 Å². The average Bonchev–Trinajstić information content (AvgIpc) is 3.67. The lowest BCUT2D eigenvalue weighted by Gasteiger charge is -2.44. The molecule has 4 fully saturated rings. The monoisotopic (exact) mass is 658 g/mol. The Kier molecular flexibility index (Phi) is 9.40. The Bertz CT molecular complexity index is 1260. The fraction of sp³-hybridized carbons (Fsp3) is 0.719. The molecule has 45 heavy (non-hydrogen) atoms. The molecular formula is C32H39F9O4. The van der Waals surface area contributed by atoms with Crippen molar-refractivity contribution in [2.75, 3.05) is 0 Å². The number of aliphatic hydroxyl groups is 3. The van der Waals surface area contributed by atoms with E-state index in [1.54, 1.807) is 6.92 Å². The first-order valence-electron chi connectivity index (χ1n) is 15.1. The van der Waals surface area contributed by atoms with E-state index in [2.05, 4.69) is 13.5 Å². The lowest BCUT2D eigenvalue weighted by molar-refractivity contribution is -0.408. The number of halogens is 9. The summed E-state index contributed by atoms with van der Waals surface area (Å²) in [6, 6.07) is 0. The Labute approximate surface area is 255 Å². The minimum Gasteiger partial charge on any atom is -0.393 e. The van der Waals surface area contributed by atoms with Gasteiger partial charge in [-0.1, -0.05) is 44.2 Å². The second-order valence-corrected chi connectivity index (χ2v) is 13.6. The van der Waals surface area contributed by atoms with Gasteiger partial charge in [-0.25, -0.2) is 0 Å². The quantitative estimate of drug-likeness (QED) is 0.177. The topological polar surface area (TPSA) is 77.8 Å². The molecule has 0 aromatic heterocycles. The van der Waals surface area contributed by atoms with Crippen molar-refractivity contribution in [3.63, 3.8) is 0 Å². The van der Waals surface area contributed by atoms with Crippen LogP contribution in [0, 0.1) is 28.6 Å². The highest BCUT2D eigenvalue weighted by atomic mass is 19.4. The lowest BCUT2D eigenvalue weighted by Crippen LogP contribution is -2.66. The molecule has 4 aliphatic rings. The van der Waals surface area contributed by atoms with Crippen LogP contribution in [-0.4, -0.2) is 63.4 Å². The van der Waals surface area contributed by atoms with E-state index in [4.69, 9.17) is 0 Å². The minimum absolute atomic E-state index is 0.00696. The summed E-state index contributed by atoms with van der Waals surface area (Å²) in [5.41, 5.74) is -0.310. The highest BCUT2D eigenvalue weighted by molar-refractivity contribution is 5.97. The molecule has 0 amide bonds. The molecule has 4 rings (SSSR count). The van der Waals surface area contributed by atoms with Gasteiger partial charge in [0.2, 0.25) is 0 Å². The smallest absolute Gasteiger partial charge is 0.393 e. The van der Waals surface area contributed by atoms with Gasteiger partial charge in [-0.3, -0.25) is 4.79 Å². The van der Waals surface area contributed by atoms with Gasteiger partial charge in [-0.15, -0.1) is 0 Å². The van der Waals surface area contributed by atoms with E-state index in [-0.39, 0.29) is 29.6 Å². The predicted molar refractivity (Wildman–Crippen MR) is 147 cm³/mol. The zero-order valence-electron chi connectivity index (χ0n) is 25.0. The maximum absolute atomic E-state index is 14.5. The zero-order valence-corrected chi connectivity index (χ0v) is 25.0. The van der Waals surface area contributed by atoms with Gasteiger partial charge in [0.25, 0.3) is 0 Å². The van der Waals surface area contributed by atoms with Crippen molar-refractivity contribution in [3.05, 3.63) is 47.6 Å². The third kappa shape index (κ3) is 5.94. The van der Waals surface area contributed by atoms with Gasteiger partial charge < -0.3 is 15.3 Å². The maximum Gasteiger partial charge on any atom is 0.460 e. The summed E-state index contributed by atoms with van der Waals surface area (Å²) in [7, 11) is 0. The van der Waals surface area contributed by atoms with Crippen LogP contribution < -0.4 is 0 Å². The molecule has 4 nitrogen and oxygen atoms in total. The van der Waals surface area contributed by atoms with E-state index in [1.165, 1.54) is 11.6 Å². The van der Waals surface area contributed by atoms with Gasteiger partial charge >= 0.3 is 23.9 Å². The number of allylic oxidation sites excluding steroid dienone is 5. The van der Waals surface area contributed by atoms with Crippen molar-refractivity contribution in [2.24, 2.45) is 28.6 Å². The third-order valence-corrected chi connectivity index (χ3v) is 10.8. The molecule has 0 bridgehead atoms. The van der Waals surface area contributed by atoms with Crippen LogP contribution in [-0.2, 0) is 4.79 Å². The van der Waals surface area contributed by atoms with E-state index < -0.39 is 66.3 Å². The number of aliphatic hydroxyl groups excluding tert-OH is 3. The minimum atomic E-state index is -7.15. The second-order valence-electron chi connectivity index (χ2n) is 13.6. The molecule has 0 aromatic rings. The van der Waals surface area contributed by atoms with E-state index >= 15 is 0 Å². The molecular weight excluding hydrogens is 619 g/mol. The van der Waals surface area contributed by atoms with Crippen LogP contribution in [0.4, 0.5) is 39.5 Å². The normalized spacial score (nSPS) is 34.3. The van der Waals surface area contributed by atoms with Crippen LogP contribution in [0.1, 0.15) is 71.6 Å². The van der Waals surface area contributed by atoms with Crippen LogP contribution in [0.5, 0.6) is 0 Å².